The summed E-state index contributed by atoms with van der Waals surface area (Å²) in [5.41, 5.74) is 3.78. The van der Waals surface area contributed by atoms with Crippen LogP contribution in [-0.2, 0) is 0 Å². The van der Waals surface area contributed by atoms with Crippen molar-refractivity contribution in [3.05, 3.63) is 46.8 Å². The molecule has 1 heterocycles. The van der Waals surface area contributed by atoms with Gasteiger partial charge in [0.1, 0.15) is 0 Å². The maximum Gasteiger partial charge on any atom is 0.338 e. The van der Waals surface area contributed by atoms with Crippen LogP contribution in [0.5, 0.6) is 0 Å². The molecule has 1 aromatic heterocycles. The highest BCUT2D eigenvalue weighted by Crippen LogP contribution is 2.30. The first-order valence-corrected chi connectivity index (χ1v) is 6.47. The van der Waals surface area contributed by atoms with Crippen molar-refractivity contribution in [1.82, 2.24) is 4.98 Å². The first-order chi connectivity index (χ1) is 9.54. The Morgan fingerprint density at radius 2 is 1.70 bits per heavy atom. The third-order valence-corrected chi connectivity index (χ3v) is 2.89. The van der Waals surface area contributed by atoms with Crippen molar-refractivity contribution in [3.63, 3.8) is 0 Å². The van der Waals surface area contributed by atoms with Gasteiger partial charge in [0, 0.05) is 17.0 Å². The highest BCUT2D eigenvalue weighted by Gasteiger charge is 2.19. The average Bonchev–Trinajstić information content (AvgIpc) is 2.76. The summed E-state index contributed by atoms with van der Waals surface area (Å²) in [5, 5.41) is 18.0. The minimum absolute atomic E-state index is 0.289. The fraction of sp³-hybridized carbons (Fsp3) is 0.250. The number of H-pyrrole nitrogens is 1. The molecular weight excluding hydrogens is 252 g/mol. The maximum atomic E-state index is 11.3. The molecule has 0 unspecified atom stereocenters. The zero-order chi connectivity index (χ0) is 15.3. The molecule has 0 radical (unpaired) electrons. The molecule has 4 heteroatoms. The molecule has 4 nitrogen and oxygen atoms in total. The predicted octanol–water partition coefficient (Wildman–Crippen LogP) is 3.89. The standard InChI is InChI=1S/C14H12N2O2.C2H6/c1-8-12(13(14(17)18)9(2)16-8)11-5-3-10(7-15)4-6-11;1-2/h3-6,16H,1-2H3,(H,17,18);1-2H3. The third-order valence-electron chi connectivity index (χ3n) is 2.89. The summed E-state index contributed by atoms with van der Waals surface area (Å²) in [6.45, 7) is 7.58. The zero-order valence-electron chi connectivity index (χ0n) is 12.1. The number of nitrogens with zero attached hydrogens (tertiary/aromatic N) is 1. The minimum Gasteiger partial charge on any atom is -0.478 e. The second-order valence-electron chi connectivity index (χ2n) is 4.12. The van der Waals surface area contributed by atoms with Crippen molar-refractivity contribution in [2.24, 2.45) is 0 Å². The molecule has 1 aromatic carbocycles. The Morgan fingerprint density at radius 3 is 2.15 bits per heavy atom. The van der Waals surface area contributed by atoms with E-state index in [2.05, 4.69) is 4.98 Å². The van der Waals surface area contributed by atoms with E-state index in [4.69, 9.17) is 5.26 Å². The summed E-state index contributed by atoms with van der Waals surface area (Å²) in [6.07, 6.45) is 0. The Balaban J connectivity index is 0.000000956. The summed E-state index contributed by atoms with van der Waals surface area (Å²) in [6, 6.07) is 8.93. The van der Waals surface area contributed by atoms with Crippen LogP contribution in [0.4, 0.5) is 0 Å². The number of carboxylic acids is 1. The van der Waals surface area contributed by atoms with Crippen molar-refractivity contribution < 1.29 is 9.90 Å². The molecule has 0 saturated carbocycles. The van der Waals surface area contributed by atoms with Crippen LogP contribution in [0.1, 0.15) is 41.2 Å². The molecule has 2 rings (SSSR count). The van der Waals surface area contributed by atoms with Gasteiger partial charge >= 0.3 is 5.97 Å². The van der Waals surface area contributed by atoms with Crippen LogP contribution in [0, 0.1) is 25.2 Å². The maximum absolute atomic E-state index is 11.3. The van der Waals surface area contributed by atoms with Crippen molar-refractivity contribution in [3.8, 4) is 17.2 Å². The van der Waals surface area contributed by atoms with E-state index < -0.39 is 5.97 Å². The average molecular weight is 270 g/mol. The molecule has 0 spiro atoms. The molecule has 0 fully saturated rings. The number of nitriles is 1. The minimum atomic E-state index is -0.948. The predicted molar refractivity (Wildman–Crippen MR) is 78.7 cm³/mol. The smallest absolute Gasteiger partial charge is 0.338 e. The third kappa shape index (κ3) is 2.89. The number of nitrogens with one attached hydrogen (secondary N) is 1. The molecule has 2 aromatic rings. The molecule has 20 heavy (non-hydrogen) atoms. The van der Waals surface area contributed by atoms with E-state index in [0.717, 1.165) is 11.3 Å². The van der Waals surface area contributed by atoms with E-state index in [-0.39, 0.29) is 5.56 Å². The number of aromatic nitrogens is 1. The summed E-state index contributed by atoms with van der Waals surface area (Å²) in [7, 11) is 0. The van der Waals surface area contributed by atoms with Crippen molar-refractivity contribution in [2.45, 2.75) is 27.7 Å². The fourth-order valence-corrected chi connectivity index (χ4v) is 2.12. The van der Waals surface area contributed by atoms with Gasteiger partial charge in [-0.15, -0.1) is 0 Å². The topological polar surface area (TPSA) is 76.9 Å². The van der Waals surface area contributed by atoms with Gasteiger partial charge in [-0.1, -0.05) is 26.0 Å². The molecule has 0 bridgehead atoms. The van der Waals surface area contributed by atoms with E-state index in [0.29, 0.717) is 16.8 Å². The number of hydrogen-bond acceptors (Lipinski definition) is 2. The molecule has 0 amide bonds. The van der Waals surface area contributed by atoms with Crippen LogP contribution in [0.25, 0.3) is 11.1 Å². The molecule has 2 N–H and O–H groups in total. The second kappa shape index (κ2) is 6.58. The van der Waals surface area contributed by atoms with Gasteiger partial charge in [-0.05, 0) is 31.5 Å². The van der Waals surface area contributed by atoms with Crippen molar-refractivity contribution in [2.75, 3.05) is 0 Å². The lowest BCUT2D eigenvalue weighted by atomic mass is 9.99. The summed E-state index contributed by atoms with van der Waals surface area (Å²) in [4.78, 5) is 14.3. The second-order valence-corrected chi connectivity index (χ2v) is 4.12. The Bertz CT molecular complexity index is 646. The van der Waals surface area contributed by atoms with Gasteiger partial charge < -0.3 is 10.1 Å². The number of aromatic carboxylic acids is 1. The highest BCUT2D eigenvalue weighted by atomic mass is 16.4. The van der Waals surface area contributed by atoms with Gasteiger partial charge in [0.05, 0.1) is 17.2 Å². The van der Waals surface area contributed by atoms with Crippen LogP contribution < -0.4 is 0 Å². The van der Waals surface area contributed by atoms with Crippen LogP contribution >= 0.6 is 0 Å². The molecule has 0 aliphatic rings. The number of aromatic amines is 1. The number of aryl methyl sites for hydroxylation is 2. The van der Waals surface area contributed by atoms with Crippen molar-refractivity contribution in [1.29, 1.82) is 5.26 Å². The molecular formula is C16H18N2O2. The first-order valence-electron chi connectivity index (χ1n) is 6.47. The zero-order valence-corrected chi connectivity index (χ0v) is 12.1. The van der Waals surface area contributed by atoms with Crippen LogP contribution in [-0.4, -0.2) is 16.1 Å². The Hall–Kier alpha value is -2.54. The van der Waals surface area contributed by atoms with Crippen LogP contribution in [0.3, 0.4) is 0 Å². The fourth-order valence-electron chi connectivity index (χ4n) is 2.12. The van der Waals surface area contributed by atoms with Gasteiger partial charge in [-0.25, -0.2) is 4.79 Å². The number of benzene rings is 1. The number of carbonyl (C=O) groups is 1. The monoisotopic (exact) mass is 270 g/mol. The lowest BCUT2D eigenvalue weighted by Gasteiger charge is -2.03. The summed E-state index contributed by atoms with van der Waals surface area (Å²) in [5.74, 6) is -0.948. The Kier molecular flexibility index (Phi) is 5.10. The van der Waals surface area contributed by atoms with E-state index in [9.17, 15) is 9.90 Å². The summed E-state index contributed by atoms with van der Waals surface area (Å²) >= 11 is 0. The Labute approximate surface area is 118 Å². The quantitative estimate of drug-likeness (QED) is 0.869. The highest BCUT2D eigenvalue weighted by molar-refractivity contribution is 5.98. The van der Waals surface area contributed by atoms with Gasteiger partial charge in [-0.2, -0.15) is 5.26 Å². The largest absolute Gasteiger partial charge is 0.478 e. The Morgan fingerprint density at radius 1 is 1.15 bits per heavy atom. The lowest BCUT2D eigenvalue weighted by molar-refractivity contribution is 0.0697. The number of hydrogen-bond donors (Lipinski definition) is 2. The van der Waals surface area contributed by atoms with E-state index in [1.807, 2.05) is 26.8 Å². The summed E-state index contributed by atoms with van der Waals surface area (Å²) < 4.78 is 0. The number of carboxylic acid groups (broad SMARTS) is 1. The van der Waals surface area contributed by atoms with Crippen molar-refractivity contribution >= 4 is 5.97 Å². The van der Waals surface area contributed by atoms with Gasteiger partial charge in [0.15, 0.2) is 0 Å². The first kappa shape index (κ1) is 15.5. The molecule has 0 atom stereocenters. The molecule has 0 aliphatic carbocycles. The number of rotatable bonds is 2. The normalized spacial score (nSPS) is 9.35. The van der Waals surface area contributed by atoms with E-state index in [1.165, 1.54) is 0 Å². The van der Waals surface area contributed by atoms with Crippen LogP contribution in [0.15, 0.2) is 24.3 Å². The SMILES string of the molecule is CC.Cc1[nH]c(C)c(-c2ccc(C#N)cc2)c1C(=O)O. The van der Waals surface area contributed by atoms with E-state index >= 15 is 0 Å². The van der Waals surface area contributed by atoms with Gasteiger partial charge in [-0.3, -0.25) is 0 Å². The van der Waals surface area contributed by atoms with Gasteiger partial charge in [0.25, 0.3) is 0 Å². The van der Waals surface area contributed by atoms with Crippen LogP contribution in [0.2, 0.25) is 0 Å². The van der Waals surface area contributed by atoms with E-state index in [1.54, 1.807) is 31.2 Å². The lowest BCUT2D eigenvalue weighted by Crippen LogP contribution is -1.99. The molecule has 0 saturated heterocycles. The molecule has 0 aliphatic heterocycles. The molecule has 104 valence electrons. The van der Waals surface area contributed by atoms with Gasteiger partial charge in [0.2, 0.25) is 0 Å².